The summed E-state index contributed by atoms with van der Waals surface area (Å²) in [6.45, 7) is 11.4. The van der Waals surface area contributed by atoms with Gasteiger partial charge in [-0.05, 0) is 27.7 Å². The molecule has 0 aromatic carbocycles. The molecule has 0 saturated carbocycles. The summed E-state index contributed by atoms with van der Waals surface area (Å²) in [6, 6.07) is 0. The van der Waals surface area contributed by atoms with Crippen LogP contribution in [0.2, 0.25) is 0 Å². The minimum Gasteiger partial charge on any atom is -0.478 e. The van der Waals surface area contributed by atoms with E-state index in [2.05, 4.69) is 6.58 Å². The molecule has 0 aliphatic heterocycles. The number of carbonyl (C=O) groups is 2. The van der Waals surface area contributed by atoms with E-state index < -0.39 is 5.97 Å². The maximum absolute atomic E-state index is 11.9. The van der Waals surface area contributed by atoms with Crippen LogP contribution in [-0.4, -0.2) is 35.0 Å². The summed E-state index contributed by atoms with van der Waals surface area (Å²) < 4.78 is 0. The van der Waals surface area contributed by atoms with Crippen molar-refractivity contribution in [2.24, 2.45) is 0 Å². The van der Waals surface area contributed by atoms with E-state index in [1.807, 2.05) is 13.8 Å². The smallest absolute Gasteiger partial charge is 0.331 e. The Balaban J connectivity index is 4.96. The van der Waals surface area contributed by atoms with Gasteiger partial charge in [0.15, 0.2) is 0 Å². The molecule has 0 atom stereocenters. The number of hydrogen-bond acceptors (Lipinski definition) is 2. The Hall–Kier alpha value is -1.58. The van der Waals surface area contributed by atoms with Crippen LogP contribution in [0.5, 0.6) is 0 Å². The van der Waals surface area contributed by atoms with Gasteiger partial charge in [0.1, 0.15) is 0 Å². The zero-order valence-corrected chi connectivity index (χ0v) is 10.3. The van der Waals surface area contributed by atoms with Crippen LogP contribution in [0, 0.1) is 0 Å². The summed E-state index contributed by atoms with van der Waals surface area (Å²) in [4.78, 5) is 24.2. The predicted molar refractivity (Wildman–Crippen MR) is 63.1 cm³/mol. The Morgan fingerprint density at radius 3 is 2.00 bits per heavy atom. The van der Waals surface area contributed by atoms with Crippen molar-refractivity contribution >= 4 is 11.9 Å². The van der Waals surface area contributed by atoms with E-state index in [1.165, 1.54) is 13.8 Å². The second kappa shape index (κ2) is 6.10. The van der Waals surface area contributed by atoms with E-state index in [9.17, 15) is 9.59 Å². The van der Waals surface area contributed by atoms with Crippen molar-refractivity contribution in [3.8, 4) is 0 Å². The lowest BCUT2D eigenvalue weighted by Gasteiger charge is -2.21. The minimum atomic E-state index is -1.06. The fourth-order valence-corrected chi connectivity index (χ4v) is 1.21. The fourth-order valence-electron chi connectivity index (χ4n) is 1.21. The first-order chi connectivity index (χ1) is 7.31. The second-order valence-corrected chi connectivity index (χ2v) is 3.83. The number of carbonyl (C=O) groups excluding carboxylic acids is 1. The number of amides is 1. The van der Waals surface area contributed by atoms with E-state index >= 15 is 0 Å². The molecule has 0 aromatic heterocycles. The number of hydrogen-bond donors (Lipinski definition) is 1. The molecule has 0 rings (SSSR count). The molecule has 0 saturated heterocycles. The summed E-state index contributed by atoms with van der Waals surface area (Å²) >= 11 is 0. The van der Waals surface area contributed by atoms with Gasteiger partial charge in [-0.3, -0.25) is 4.79 Å². The summed E-state index contributed by atoms with van der Waals surface area (Å²) in [6.07, 6.45) is 0. The summed E-state index contributed by atoms with van der Waals surface area (Å²) in [5.74, 6) is -1.30. The van der Waals surface area contributed by atoms with E-state index in [-0.39, 0.29) is 17.1 Å². The molecule has 0 aliphatic rings. The predicted octanol–water partition coefficient (Wildman–Crippen LogP) is 1.83. The molecule has 0 bridgehead atoms. The van der Waals surface area contributed by atoms with Crippen LogP contribution in [0.25, 0.3) is 0 Å². The molecule has 0 aliphatic carbocycles. The molecule has 4 nitrogen and oxygen atoms in total. The number of carboxylic acids is 1. The first-order valence-electron chi connectivity index (χ1n) is 5.15. The van der Waals surface area contributed by atoms with Gasteiger partial charge in [-0.2, -0.15) is 0 Å². The van der Waals surface area contributed by atoms with Crippen molar-refractivity contribution in [2.45, 2.75) is 27.7 Å². The normalized spacial score (nSPS) is 11.8. The van der Waals surface area contributed by atoms with E-state index in [0.717, 1.165) is 5.57 Å². The SMILES string of the molecule is C=C(C)CN(CC)C(=O)C(C)=C(C)C(=O)O. The Morgan fingerprint density at radius 2 is 1.69 bits per heavy atom. The van der Waals surface area contributed by atoms with Gasteiger partial charge in [0, 0.05) is 24.2 Å². The largest absolute Gasteiger partial charge is 0.478 e. The van der Waals surface area contributed by atoms with Gasteiger partial charge >= 0.3 is 5.97 Å². The molecule has 4 heteroatoms. The van der Waals surface area contributed by atoms with Crippen LogP contribution in [-0.2, 0) is 9.59 Å². The first-order valence-corrected chi connectivity index (χ1v) is 5.15. The van der Waals surface area contributed by atoms with E-state index in [0.29, 0.717) is 13.1 Å². The third kappa shape index (κ3) is 3.88. The molecule has 0 fully saturated rings. The molecule has 0 heterocycles. The lowest BCUT2D eigenvalue weighted by molar-refractivity contribution is -0.133. The quantitative estimate of drug-likeness (QED) is 0.573. The average Bonchev–Trinajstić information content (AvgIpc) is 2.22. The highest BCUT2D eigenvalue weighted by Gasteiger charge is 2.17. The van der Waals surface area contributed by atoms with Crippen molar-refractivity contribution in [2.75, 3.05) is 13.1 Å². The van der Waals surface area contributed by atoms with Crippen molar-refractivity contribution in [1.29, 1.82) is 0 Å². The zero-order valence-electron chi connectivity index (χ0n) is 10.3. The molecule has 0 aromatic rings. The van der Waals surface area contributed by atoms with Gasteiger partial charge in [0.25, 0.3) is 0 Å². The number of likely N-dealkylation sites (N-methyl/N-ethyl adjacent to an activating group) is 1. The molecule has 1 N–H and O–H groups in total. The molecule has 0 radical (unpaired) electrons. The third-order valence-corrected chi connectivity index (χ3v) is 2.33. The monoisotopic (exact) mass is 225 g/mol. The highest BCUT2D eigenvalue weighted by Crippen LogP contribution is 2.09. The van der Waals surface area contributed by atoms with Crippen LogP contribution < -0.4 is 0 Å². The summed E-state index contributed by atoms with van der Waals surface area (Å²) in [5, 5.41) is 8.79. The van der Waals surface area contributed by atoms with Crippen LogP contribution >= 0.6 is 0 Å². The second-order valence-electron chi connectivity index (χ2n) is 3.83. The lowest BCUT2D eigenvalue weighted by Crippen LogP contribution is -2.33. The number of aliphatic carboxylic acids is 1. The minimum absolute atomic E-state index is 0.0881. The lowest BCUT2D eigenvalue weighted by atomic mass is 10.1. The standard InChI is InChI=1S/C12H19NO3/c1-6-13(7-8(2)3)11(14)9(4)10(5)12(15)16/h2,6-7H2,1,3-5H3,(H,15,16). The molecule has 16 heavy (non-hydrogen) atoms. The maximum Gasteiger partial charge on any atom is 0.331 e. The molecule has 90 valence electrons. The summed E-state index contributed by atoms with van der Waals surface area (Å²) in [5.41, 5.74) is 1.23. The van der Waals surface area contributed by atoms with Crippen LogP contribution in [0.4, 0.5) is 0 Å². The van der Waals surface area contributed by atoms with E-state index in [4.69, 9.17) is 5.11 Å². The van der Waals surface area contributed by atoms with Crippen LogP contribution in [0.3, 0.4) is 0 Å². The topological polar surface area (TPSA) is 57.6 Å². The molecule has 0 unspecified atom stereocenters. The van der Waals surface area contributed by atoms with Crippen molar-refractivity contribution < 1.29 is 14.7 Å². The van der Waals surface area contributed by atoms with Gasteiger partial charge in [-0.25, -0.2) is 4.79 Å². The molecular formula is C12H19NO3. The Kier molecular flexibility index (Phi) is 5.50. The highest BCUT2D eigenvalue weighted by molar-refractivity contribution is 6.01. The Morgan fingerprint density at radius 1 is 1.19 bits per heavy atom. The van der Waals surface area contributed by atoms with Crippen LogP contribution in [0.15, 0.2) is 23.3 Å². The first kappa shape index (κ1) is 14.4. The van der Waals surface area contributed by atoms with Gasteiger partial charge < -0.3 is 10.0 Å². The van der Waals surface area contributed by atoms with Crippen molar-refractivity contribution in [1.82, 2.24) is 4.90 Å². The molecular weight excluding hydrogens is 206 g/mol. The van der Waals surface area contributed by atoms with Crippen molar-refractivity contribution in [3.63, 3.8) is 0 Å². The van der Waals surface area contributed by atoms with Gasteiger partial charge in [-0.15, -0.1) is 0 Å². The fraction of sp³-hybridized carbons (Fsp3) is 0.500. The molecule has 0 spiro atoms. The third-order valence-electron chi connectivity index (χ3n) is 2.33. The highest BCUT2D eigenvalue weighted by atomic mass is 16.4. The van der Waals surface area contributed by atoms with Crippen molar-refractivity contribution in [3.05, 3.63) is 23.3 Å². The van der Waals surface area contributed by atoms with Gasteiger partial charge in [0.2, 0.25) is 5.91 Å². The number of carboxylic acid groups (broad SMARTS) is 1. The van der Waals surface area contributed by atoms with Gasteiger partial charge in [0.05, 0.1) is 0 Å². The Labute approximate surface area is 96.3 Å². The molecule has 1 amide bonds. The number of rotatable bonds is 5. The summed E-state index contributed by atoms with van der Waals surface area (Å²) in [7, 11) is 0. The maximum atomic E-state index is 11.9. The van der Waals surface area contributed by atoms with Gasteiger partial charge in [-0.1, -0.05) is 12.2 Å². The zero-order chi connectivity index (χ0) is 12.9. The van der Waals surface area contributed by atoms with Crippen LogP contribution in [0.1, 0.15) is 27.7 Å². The Bertz CT molecular complexity index is 342. The van der Waals surface area contributed by atoms with E-state index in [1.54, 1.807) is 4.90 Å². The number of nitrogens with zero attached hydrogens (tertiary/aromatic N) is 1. The average molecular weight is 225 g/mol.